The number of benzene rings is 2. The van der Waals surface area contributed by atoms with Crippen molar-refractivity contribution in [2.75, 3.05) is 24.3 Å². The van der Waals surface area contributed by atoms with Crippen molar-refractivity contribution in [1.29, 1.82) is 0 Å². The van der Waals surface area contributed by atoms with Crippen LogP contribution in [0.25, 0.3) is 0 Å². The summed E-state index contributed by atoms with van der Waals surface area (Å²) in [6, 6.07) is 17.3. The van der Waals surface area contributed by atoms with Crippen LogP contribution >= 0.6 is 0 Å². The first-order valence-electron chi connectivity index (χ1n) is 6.79. The molecule has 0 amide bonds. The van der Waals surface area contributed by atoms with Gasteiger partial charge in [-0.3, -0.25) is 0 Å². The van der Waals surface area contributed by atoms with Gasteiger partial charge in [0.05, 0.1) is 0 Å². The van der Waals surface area contributed by atoms with Crippen LogP contribution in [0.4, 0.5) is 11.4 Å². The molecule has 0 aliphatic heterocycles. The minimum absolute atomic E-state index is 0.928. The molecule has 0 aliphatic carbocycles. The predicted molar refractivity (Wildman–Crippen MR) is 83.9 cm³/mol. The summed E-state index contributed by atoms with van der Waals surface area (Å²) in [4.78, 5) is 2.27. The second kappa shape index (κ2) is 6.28. The molecule has 100 valence electrons. The maximum Gasteiger partial charge on any atom is 0.0426 e. The first-order valence-corrected chi connectivity index (χ1v) is 6.79. The van der Waals surface area contributed by atoms with Crippen molar-refractivity contribution in [3.8, 4) is 0 Å². The summed E-state index contributed by atoms with van der Waals surface area (Å²) in [5.41, 5.74) is 5.11. The molecule has 0 unspecified atom stereocenters. The predicted octanol–water partition coefficient (Wildman–Crippen LogP) is 3.93. The molecule has 0 spiro atoms. The van der Waals surface area contributed by atoms with Crippen LogP contribution in [-0.4, -0.2) is 14.1 Å². The van der Waals surface area contributed by atoms with E-state index in [2.05, 4.69) is 72.7 Å². The van der Waals surface area contributed by atoms with Gasteiger partial charge in [-0.1, -0.05) is 37.3 Å². The molecule has 0 heterocycles. The summed E-state index contributed by atoms with van der Waals surface area (Å²) >= 11 is 0. The maximum absolute atomic E-state index is 3.17. The van der Waals surface area contributed by atoms with Gasteiger partial charge in [0.15, 0.2) is 0 Å². The van der Waals surface area contributed by atoms with E-state index in [-0.39, 0.29) is 0 Å². The van der Waals surface area contributed by atoms with Crippen LogP contribution in [0, 0.1) is 0 Å². The van der Waals surface area contributed by atoms with Crippen molar-refractivity contribution in [3.05, 3.63) is 59.7 Å². The molecular formula is C17H22N2. The molecule has 0 radical (unpaired) electrons. The Kier molecular flexibility index (Phi) is 4.45. The van der Waals surface area contributed by atoms with E-state index in [4.69, 9.17) is 0 Å². The Morgan fingerprint density at radius 3 is 2.32 bits per heavy atom. The average molecular weight is 254 g/mol. The van der Waals surface area contributed by atoms with E-state index < -0.39 is 0 Å². The Morgan fingerprint density at radius 1 is 1.00 bits per heavy atom. The van der Waals surface area contributed by atoms with E-state index in [1.54, 1.807) is 0 Å². The monoisotopic (exact) mass is 254 g/mol. The Balaban J connectivity index is 2.08. The van der Waals surface area contributed by atoms with Crippen molar-refractivity contribution in [2.24, 2.45) is 0 Å². The third-order valence-corrected chi connectivity index (χ3v) is 3.43. The van der Waals surface area contributed by atoms with Gasteiger partial charge in [-0.15, -0.1) is 0 Å². The number of anilines is 2. The van der Waals surface area contributed by atoms with Gasteiger partial charge < -0.3 is 10.2 Å². The fourth-order valence-electron chi connectivity index (χ4n) is 2.14. The van der Waals surface area contributed by atoms with Crippen LogP contribution in [0.15, 0.2) is 48.5 Å². The molecule has 0 atom stereocenters. The van der Waals surface area contributed by atoms with Crippen molar-refractivity contribution in [2.45, 2.75) is 19.9 Å². The number of hydrogen-bond donors (Lipinski definition) is 1. The first kappa shape index (κ1) is 13.5. The molecule has 0 saturated heterocycles. The Hall–Kier alpha value is -1.96. The highest BCUT2D eigenvalue weighted by Crippen LogP contribution is 2.20. The van der Waals surface area contributed by atoms with E-state index in [0.29, 0.717) is 0 Å². The minimum atomic E-state index is 0.928. The van der Waals surface area contributed by atoms with Gasteiger partial charge in [0.25, 0.3) is 0 Å². The summed E-state index contributed by atoms with van der Waals surface area (Å²) in [6.07, 6.45) is 1.10. The number of aryl methyl sites for hydroxylation is 1. The summed E-state index contributed by atoms with van der Waals surface area (Å²) in [6.45, 7) is 3.11. The second-order valence-electron chi connectivity index (χ2n) is 4.83. The third-order valence-electron chi connectivity index (χ3n) is 3.43. The summed E-state index contributed by atoms with van der Waals surface area (Å²) in [5.74, 6) is 0. The van der Waals surface area contributed by atoms with Crippen molar-refractivity contribution < 1.29 is 0 Å². The lowest BCUT2D eigenvalue weighted by atomic mass is 10.1. The molecule has 0 saturated carbocycles. The second-order valence-corrected chi connectivity index (χ2v) is 4.83. The fraction of sp³-hybridized carbons (Fsp3) is 0.294. The third kappa shape index (κ3) is 3.50. The summed E-state index contributed by atoms with van der Waals surface area (Å²) in [7, 11) is 4.07. The van der Waals surface area contributed by atoms with Gasteiger partial charge in [-0.25, -0.2) is 0 Å². The van der Waals surface area contributed by atoms with Crippen LogP contribution in [-0.2, 0) is 13.0 Å². The highest BCUT2D eigenvalue weighted by atomic mass is 15.1. The van der Waals surface area contributed by atoms with E-state index in [0.717, 1.165) is 18.7 Å². The van der Waals surface area contributed by atoms with E-state index in [1.807, 2.05) is 7.05 Å². The zero-order chi connectivity index (χ0) is 13.7. The molecule has 0 aliphatic rings. The lowest BCUT2D eigenvalue weighted by molar-refractivity contribution is 0.921. The smallest absolute Gasteiger partial charge is 0.0426 e. The lowest BCUT2D eigenvalue weighted by Gasteiger charge is -2.20. The van der Waals surface area contributed by atoms with Crippen LogP contribution in [0.2, 0.25) is 0 Å². The van der Waals surface area contributed by atoms with Gasteiger partial charge in [0.1, 0.15) is 0 Å². The van der Waals surface area contributed by atoms with E-state index in [1.165, 1.54) is 16.8 Å². The van der Waals surface area contributed by atoms with E-state index >= 15 is 0 Å². The largest absolute Gasteiger partial charge is 0.388 e. The van der Waals surface area contributed by atoms with Crippen LogP contribution in [0.5, 0.6) is 0 Å². The Bertz CT molecular complexity index is 517. The number of nitrogens with zero attached hydrogens (tertiary/aromatic N) is 1. The average Bonchev–Trinajstić information content (AvgIpc) is 2.48. The number of rotatable bonds is 5. The first-order chi connectivity index (χ1) is 9.22. The van der Waals surface area contributed by atoms with Gasteiger partial charge in [0, 0.05) is 32.0 Å². The molecule has 2 heteroatoms. The zero-order valence-electron chi connectivity index (χ0n) is 12.0. The van der Waals surface area contributed by atoms with Crippen LogP contribution in [0.3, 0.4) is 0 Å². The molecule has 0 fully saturated rings. The summed E-state index contributed by atoms with van der Waals surface area (Å²) in [5, 5.41) is 3.17. The Labute approximate surface area is 116 Å². The quantitative estimate of drug-likeness (QED) is 0.869. The molecule has 2 aromatic rings. The number of nitrogens with one attached hydrogen (secondary N) is 1. The van der Waals surface area contributed by atoms with Crippen molar-refractivity contribution in [3.63, 3.8) is 0 Å². The SMILES string of the molecule is CCc1ccc(CN(C)c2cccc(NC)c2)cc1. The standard InChI is InChI=1S/C17H22N2/c1-4-14-8-10-15(11-9-14)13-19(3)17-7-5-6-16(12-17)18-2/h5-12,18H,4,13H2,1-3H3. The number of hydrogen-bond acceptors (Lipinski definition) is 2. The molecule has 0 bridgehead atoms. The lowest BCUT2D eigenvalue weighted by Crippen LogP contribution is -2.16. The highest BCUT2D eigenvalue weighted by molar-refractivity contribution is 5.57. The Morgan fingerprint density at radius 2 is 1.68 bits per heavy atom. The van der Waals surface area contributed by atoms with Crippen molar-refractivity contribution in [1.82, 2.24) is 0 Å². The normalized spacial score (nSPS) is 10.3. The van der Waals surface area contributed by atoms with Gasteiger partial charge in [0.2, 0.25) is 0 Å². The van der Waals surface area contributed by atoms with E-state index in [9.17, 15) is 0 Å². The molecule has 1 N–H and O–H groups in total. The molecule has 19 heavy (non-hydrogen) atoms. The fourth-order valence-corrected chi connectivity index (χ4v) is 2.14. The van der Waals surface area contributed by atoms with Crippen molar-refractivity contribution >= 4 is 11.4 Å². The topological polar surface area (TPSA) is 15.3 Å². The van der Waals surface area contributed by atoms with Gasteiger partial charge in [-0.05, 0) is 35.7 Å². The molecule has 2 aromatic carbocycles. The minimum Gasteiger partial charge on any atom is -0.388 e. The zero-order valence-corrected chi connectivity index (χ0v) is 12.0. The van der Waals surface area contributed by atoms with Gasteiger partial charge >= 0.3 is 0 Å². The van der Waals surface area contributed by atoms with Crippen LogP contribution in [0.1, 0.15) is 18.1 Å². The molecule has 2 nitrogen and oxygen atoms in total. The highest BCUT2D eigenvalue weighted by Gasteiger charge is 2.03. The van der Waals surface area contributed by atoms with Gasteiger partial charge in [-0.2, -0.15) is 0 Å². The molecule has 2 rings (SSSR count). The molecular weight excluding hydrogens is 232 g/mol. The maximum atomic E-state index is 3.17. The molecule has 0 aromatic heterocycles. The van der Waals surface area contributed by atoms with Crippen LogP contribution < -0.4 is 10.2 Å². The summed E-state index contributed by atoms with van der Waals surface area (Å²) < 4.78 is 0.